The van der Waals surface area contributed by atoms with Crippen molar-refractivity contribution in [2.24, 2.45) is 11.3 Å². The van der Waals surface area contributed by atoms with E-state index in [1.54, 1.807) is 6.20 Å². The Kier molecular flexibility index (Phi) is 4.01. The van der Waals surface area contributed by atoms with Crippen LogP contribution in [0.2, 0.25) is 0 Å². The van der Waals surface area contributed by atoms with Gasteiger partial charge in [-0.2, -0.15) is 0 Å². The summed E-state index contributed by atoms with van der Waals surface area (Å²) in [6.45, 7) is 4.16. The van der Waals surface area contributed by atoms with E-state index in [4.69, 9.17) is 9.47 Å². The van der Waals surface area contributed by atoms with E-state index in [0.29, 0.717) is 17.0 Å². The predicted molar refractivity (Wildman–Crippen MR) is 92.9 cm³/mol. The zero-order chi connectivity index (χ0) is 18.3. The molecule has 1 aliphatic carbocycles. The number of hydrogen-bond acceptors (Lipinski definition) is 6. The Morgan fingerprint density at radius 2 is 2.08 bits per heavy atom. The fourth-order valence-electron chi connectivity index (χ4n) is 4.19. The van der Waals surface area contributed by atoms with Crippen LogP contribution in [0.15, 0.2) is 30.7 Å². The first kappa shape index (κ1) is 16.8. The van der Waals surface area contributed by atoms with Crippen LogP contribution >= 0.6 is 0 Å². The zero-order valence-corrected chi connectivity index (χ0v) is 14.7. The second kappa shape index (κ2) is 6.23. The lowest BCUT2D eigenvalue weighted by atomic mass is 9.58. The van der Waals surface area contributed by atoms with Crippen molar-refractivity contribution in [3.63, 3.8) is 0 Å². The molecule has 1 aromatic heterocycles. The first-order valence-corrected chi connectivity index (χ1v) is 8.60. The van der Waals surface area contributed by atoms with E-state index in [9.17, 15) is 9.18 Å². The second-order valence-electron chi connectivity index (χ2n) is 7.31. The van der Waals surface area contributed by atoms with Crippen LogP contribution in [-0.4, -0.2) is 36.1 Å². The van der Waals surface area contributed by atoms with Crippen molar-refractivity contribution in [3.05, 3.63) is 42.1 Å². The molecule has 26 heavy (non-hydrogen) atoms. The van der Waals surface area contributed by atoms with Gasteiger partial charge in [-0.15, -0.1) is 0 Å². The van der Waals surface area contributed by atoms with Crippen molar-refractivity contribution in [1.29, 1.82) is 0 Å². The van der Waals surface area contributed by atoms with Gasteiger partial charge >= 0.3 is 5.97 Å². The van der Waals surface area contributed by atoms with Gasteiger partial charge in [-0.05, 0) is 37.0 Å². The second-order valence-corrected chi connectivity index (χ2v) is 7.31. The molecule has 1 aliphatic heterocycles. The third kappa shape index (κ3) is 2.87. The molecule has 2 aliphatic rings. The summed E-state index contributed by atoms with van der Waals surface area (Å²) in [4.78, 5) is 22.4. The van der Waals surface area contributed by atoms with Gasteiger partial charge in [-0.25, -0.2) is 19.2 Å². The van der Waals surface area contributed by atoms with Gasteiger partial charge in [0.05, 0.1) is 13.3 Å². The molecule has 6 nitrogen and oxygen atoms in total. The molecule has 2 fully saturated rings. The number of anilines is 1. The monoisotopic (exact) mass is 357 g/mol. The van der Waals surface area contributed by atoms with Gasteiger partial charge in [-0.1, -0.05) is 6.92 Å². The molecule has 1 spiro atoms. The van der Waals surface area contributed by atoms with Crippen molar-refractivity contribution < 1.29 is 18.7 Å². The van der Waals surface area contributed by atoms with Crippen molar-refractivity contribution >= 4 is 11.8 Å². The topological polar surface area (TPSA) is 64.5 Å². The molecule has 136 valence electrons. The lowest BCUT2D eigenvalue weighted by Crippen LogP contribution is -2.62. The highest BCUT2D eigenvalue weighted by atomic mass is 19.1. The van der Waals surface area contributed by atoms with Gasteiger partial charge in [0.2, 0.25) is 0 Å². The number of carbonyl (C=O) groups is 1. The Balaban J connectivity index is 1.58. The van der Waals surface area contributed by atoms with Gasteiger partial charge in [0, 0.05) is 18.5 Å². The highest BCUT2D eigenvalue weighted by molar-refractivity contribution is 5.92. The Hall–Kier alpha value is -2.70. The molecule has 0 N–H and O–H groups in total. The molecular weight excluding hydrogens is 337 g/mol. The maximum atomic E-state index is 13.5. The van der Waals surface area contributed by atoms with Crippen LogP contribution in [0.1, 0.15) is 30.1 Å². The Labute approximate surface area is 151 Å². The fourth-order valence-corrected chi connectivity index (χ4v) is 4.19. The average Bonchev–Trinajstić information content (AvgIpc) is 2.58. The van der Waals surface area contributed by atoms with E-state index in [-0.39, 0.29) is 11.3 Å². The predicted octanol–water partition coefficient (Wildman–Crippen LogP) is 3.43. The number of ether oxygens (including phenoxy) is 2. The minimum Gasteiger partial charge on any atom is -0.465 e. The first-order valence-electron chi connectivity index (χ1n) is 8.60. The molecule has 0 amide bonds. The van der Waals surface area contributed by atoms with Gasteiger partial charge in [0.1, 0.15) is 23.5 Å². The normalized spacial score (nSPS) is 18.2. The number of hydrogen-bond donors (Lipinski definition) is 0. The van der Waals surface area contributed by atoms with Crippen molar-refractivity contribution in [2.75, 3.05) is 25.1 Å². The number of nitrogens with zero attached hydrogens (tertiary/aromatic N) is 3. The summed E-state index contributed by atoms with van der Waals surface area (Å²) in [6, 6.07) is 3.74. The molecule has 0 unspecified atom stereocenters. The number of carbonyl (C=O) groups excluding carboxylic acids is 1. The summed E-state index contributed by atoms with van der Waals surface area (Å²) in [7, 11) is 1.24. The molecule has 2 aromatic rings. The van der Waals surface area contributed by atoms with Crippen LogP contribution in [0.3, 0.4) is 0 Å². The van der Waals surface area contributed by atoms with Crippen LogP contribution in [0, 0.1) is 17.2 Å². The van der Waals surface area contributed by atoms with Crippen LogP contribution < -0.4 is 9.64 Å². The van der Waals surface area contributed by atoms with Gasteiger partial charge in [-0.3, -0.25) is 0 Å². The maximum absolute atomic E-state index is 13.5. The minimum absolute atomic E-state index is 0.0233. The highest BCUT2D eigenvalue weighted by Crippen LogP contribution is 2.53. The number of rotatable bonds is 4. The molecule has 4 rings (SSSR count). The van der Waals surface area contributed by atoms with Crippen molar-refractivity contribution in [3.8, 4) is 11.5 Å². The quantitative estimate of drug-likeness (QED) is 0.781. The lowest BCUT2D eigenvalue weighted by Gasteiger charge is -2.59. The van der Waals surface area contributed by atoms with E-state index in [1.807, 2.05) is 0 Å². The number of benzene rings is 1. The third-order valence-corrected chi connectivity index (χ3v) is 5.14. The van der Waals surface area contributed by atoms with Gasteiger partial charge < -0.3 is 14.4 Å². The Morgan fingerprint density at radius 1 is 1.31 bits per heavy atom. The van der Waals surface area contributed by atoms with Crippen LogP contribution in [-0.2, 0) is 4.74 Å². The molecular formula is C19H20FN3O3. The minimum atomic E-state index is -0.663. The van der Waals surface area contributed by atoms with Gasteiger partial charge in [0.15, 0.2) is 11.6 Å². The molecule has 7 heteroatoms. The molecule has 0 radical (unpaired) electrons. The smallest absolute Gasteiger partial charge is 0.341 e. The van der Waals surface area contributed by atoms with Crippen LogP contribution in [0.5, 0.6) is 11.5 Å². The average molecular weight is 357 g/mol. The van der Waals surface area contributed by atoms with E-state index < -0.39 is 11.8 Å². The summed E-state index contributed by atoms with van der Waals surface area (Å²) < 4.78 is 24.1. The molecule has 0 atom stereocenters. The van der Waals surface area contributed by atoms with E-state index in [2.05, 4.69) is 21.8 Å². The fraction of sp³-hybridized carbons (Fsp3) is 0.421. The number of methoxy groups -OCH3 is 1. The van der Waals surface area contributed by atoms with Crippen molar-refractivity contribution in [1.82, 2.24) is 9.97 Å². The largest absolute Gasteiger partial charge is 0.465 e. The molecule has 2 heterocycles. The zero-order valence-electron chi connectivity index (χ0n) is 14.7. The summed E-state index contributed by atoms with van der Waals surface area (Å²) in [6.07, 6.45) is 5.52. The number of esters is 1. The number of aromatic nitrogens is 2. The summed E-state index contributed by atoms with van der Waals surface area (Å²) in [5.74, 6) is 0.925. The van der Waals surface area contributed by atoms with E-state index in [1.165, 1.54) is 38.4 Å². The highest BCUT2D eigenvalue weighted by Gasteiger charge is 2.51. The Morgan fingerprint density at radius 3 is 2.77 bits per heavy atom. The van der Waals surface area contributed by atoms with Gasteiger partial charge in [0.25, 0.3) is 0 Å². The summed E-state index contributed by atoms with van der Waals surface area (Å²) >= 11 is 0. The maximum Gasteiger partial charge on any atom is 0.341 e. The van der Waals surface area contributed by atoms with Crippen LogP contribution in [0.25, 0.3) is 0 Å². The molecule has 1 saturated heterocycles. The van der Waals surface area contributed by atoms with E-state index in [0.717, 1.165) is 25.1 Å². The van der Waals surface area contributed by atoms with Crippen LogP contribution in [0.4, 0.5) is 10.2 Å². The first-order chi connectivity index (χ1) is 12.5. The molecule has 0 bridgehead atoms. The van der Waals surface area contributed by atoms with E-state index >= 15 is 0 Å². The van der Waals surface area contributed by atoms with Crippen molar-refractivity contribution in [2.45, 2.75) is 19.8 Å². The molecule has 1 saturated carbocycles. The summed E-state index contributed by atoms with van der Waals surface area (Å²) in [5.41, 5.74) is 0.435. The number of halogens is 1. The summed E-state index contributed by atoms with van der Waals surface area (Å²) in [5, 5.41) is 0. The third-order valence-electron chi connectivity index (χ3n) is 5.14. The molecule has 1 aromatic carbocycles. The Bertz CT molecular complexity index is 844. The standard InChI is InChI=1S/C19H20FN3O3/c1-12-6-19(7-12)9-23(10-19)17-16(8-21-11-22-17)26-15-4-3-13(20)5-14(15)18(24)25-2/h3-5,8,11-12H,6-7,9-10H2,1-2H3. The lowest BCUT2D eigenvalue weighted by molar-refractivity contribution is 0.0329. The SMILES string of the molecule is COC(=O)c1cc(F)ccc1Oc1cncnc1N1CC2(CC(C)C2)C1.